The second-order valence-corrected chi connectivity index (χ2v) is 5.59. The molecule has 0 fully saturated rings. The average Bonchev–Trinajstić information content (AvgIpc) is 2.85. The number of carboxylic acids is 1. The van der Waals surface area contributed by atoms with E-state index in [9.17, 15) is 23.1 Å². The minimum atomic E-state index is -4.58. The molecule has 0 spiro atoms. The van der Waals surface area contributed by atoms with Gasteiger partial charge in [0.1, 0.15) is 5.01 Å². The van der Waals surface area contributed by atoms with E-state index in [0.717, 1.165) is 0 Å². The van der Waals surface area contributed by atoms with Crippen LogP contribution in [0.3, 0.4) is 0 Å². The zero-order valence-corrected chi connectivity index (χ0v) is 12.6. The molecular formula is C11H7BrF3N3O2S. The van der Waals surface area contributed by atoms with Crippen molar-refractivity contribution >= 4 is 33.4 Å². The molecule has 21 heavy (non-hydrogen) atoms. The highest BCUT2D eigenvalue weighted by Gasteiger charge is 2.36. The van der Waals surface area contributed by atoms with Crippen LogP contribution in [0.15, 0.2) is 22.9 Å². The van der Waals surface area contributed by atoms with E-state index in [4.69, 9.17) is 0 Å². The Kier molecular flexibility index (Phi) is 4.57. The number of aryl methyl sites for hydroxylation is 1. The summed E-state index contributed by atoms with van der Waals surface area (Å²) in [6.07, 6.45) is -1.62. The third kappa shape index (κ3) is 3.97. The van der Waals surface area contributed by atoms with Gasteiger partial charge in [0.05, 0.1) is 4.47 Å². The molecule has 2 rings (SSSR count). The summed E-state index contributed by atoms with van der Waals surface area (Å²) < 4.78 is 42.7. The fourth-order valence-corrected chi connectivity index (χ4v) is 2.92. The summed E-state index contributed by atoms with van der Waals surface area (Å²) in [6.45, 7) is 0.200. The van der Waals surface area contributed by atoms with Crippen LogP contribution in [0, 0.1) is 0 Å². The predicted molar refractivity (Wildman–Crippen MR) is 67.9 cm³/mol. The summed E-state index contributed by atoms with van der Waals surface area (Å²) in [4.78, 5) is 13.8. The fraction of sp³-hybridized carbons (Fsp3) is 0.273. The minimum absolute atomic E-state index is 0.126. The molecule has 112 valence electrons. The van der Waals surface area contributed by atoms with Gasteiger partial charge < -0.3 is 9.90 Å². The molecule has 0 radical (unpaired) electrons. The summed E-state index contributed by atoms with van der Waals surface area (Å²) in [5.41, 5.74) is 0.452. The Bertz CT molecular complexity index is 675. The highest BCUT2D eigenvalue weighted by Crippen LogP contribution is 2.33. The topological polar surface area (TPSA) is 69.8 Å². The number of rotatable bonds is 4. The van der Waals surface area contributed by atoms with Gasteiger partial charge in [-0.25, -0.2) is 9.55 Å². The van der Waals surface area contributed by atoms with Gasteiger partial charge in [0.2, 0.25) is 5.82 Å². The third-order valence-corrected chi connectivity index (χ3v) is 3.83. The second-order valence-electron chi connectivity index (χ2n) is 3.99. The molecule has 0 saturated carbocycles. The standard InChI is InChI=1S/C11H7BrF3N3O2S/c12-7-5-18(4-2-8(19)20)3-1-6(7)9-16-10(17-21-9)11(13,14)15/h1,3,5H,2,4H2. The smallest absolute Gasteiger partial charge is 0.452 e. The van der Waals surface area contributed by atoms with E-state index in [-0.39, 0.29) is 18.0 Å². The number of hydrogen-bond acceptors (Lipinski definition) is 5. The van der Waals surface area contributed by atoms with Crippen molar-refractivity contribution < 1.29 is 27.6 Å². The molecule has 2 heterocycles. The number of halogens is 4. The van der Waals surface area contributed by atoms with E-state index >= 15 is 0 Å². The van der Waals surface area contributed by atoms with E-state index in [0.29, 0.717) is 21.6 Å². The first-order valence-electron chi connectivity index (χ1n) is 5.57. The van der Waals surface area contributed by atoms with E-state index in [1.54, 1.807) is 23.0 Å². The van der Waals surface area contributed by atoms with Crippen molar-refractivity contribution in [2.75, 3.05) is 0 Å². The number of aliphatic carboxylic acids is 1. The van der Waals surface area contributed by atoms with Gasteiger partial charge in [-0.05, 0) is 27.5 Å². The fourth-order valence-electron chi connectivity index (χ4n) is 1.49. The number of aromatic nitrogens is 3. The molecule has 0 saturated heterocycles. The van der Waals surface area contributed by atoms with Gasteiger partial charge >= 0.3 is 6.18 Å². The van der Waals surface area contributed by atoms with Crippen molar-refractivity contribution in [2.45, 2.75) is 19.1 Å². The van der Waals surface area contributed by atoms with E-state index in [1.807, 2.05) is 0 Å². The quantitative estimate of drug-likeness (QED) is 0.750. The van der Waals surface area contributed by atoms with Crippen molar-refractivity contribution in [2.24, 2.45) is 0 Å². The first-order chi connectivity index (χ1) is 9.77. The van der Waals surface area contributed by atoms with E-state index < -0.39 is 18.0 Å². The molecule has 0 aromatic carbocycles. The Morgan fingerprint density at radius 2 is 2.19 bits per heavy atom. The van der Waals surface area contributed by atoms with Gasteiger partial charge in [0.25, 0.3) is 0 Å². The lowest BCUT2D eigenvalue weighted by Crippen LogP contribution is -2.36. The molecular weight excluding hydrogens is 375 g/mol. The van der Waals surface area contributed by atoms with E-state index in [2.05, 4.69) is 25.3 Å². The lowest BCUT2D eigenvalue weighted by atomic mass is 10.3. The molecule has 0 amide bonds. The first kappa shape index (κ1) is 15.8. The van der Waals surface area contributed by atoms with Crippen molar-refractivity contribution in [1.82, 2.24) is 9.36 Å². The number of hydrogen-bond donors (Lipinski definition) is 0. The van der Waals surface area contributed by atoms with Crippen LogP contribution >= 0.6 is 27.5 Å². The Morgan fingerprint density at radius 3 is 2.71 bits per heavy atom. The summed E-state index contributed by atoms with van der Waals surface area (Å²) in [5, 5.41) is 10.5. The lowest BCUT2D eigenvalue weighted by Gasteiger charge is -2.02. The minimum Gasteiger partial charge on any atom is -0.550 e. The molecule has 0 aliphatic heterocycles. The van der Waals surface area contributed by atoms with Crippen LogP contribution in [0.5, 0.6) is 0 Å². The zero-order valence-electron chi connectivity index (χ0n) is 10.2. The number of nitrogens with zero attached hydrogens (tertiary/aromatic N) is 3. The number of pyridine rings is 1. The maximum absolute atomic E-state index is 12.5. The third-order valence-electron chi connectivity index (χ3n) is 2.45. The summed E-state index contributed by atoms with van der Waals surface area (Å²) in [6, 6.07) is 1.54. The Balaban J connectivity index is 2.25. The summed E-state index contributed by atoms with van der Waals surface area (Å²) in [5.74, 6) is -2.36. The molecule has 0 atom stereocenters. The van der Waals surface area contributed by atoms with Crippen molar-refractivity contribution in [3.05, 3.63) is 28.8 Å². The predicted octanol–water partition coefficient (Wildman–Crippen LogP) is 1.41. The monoisotopic (exact) mass is 381 g/mol. The van der Waals surface area contributed by atoms with Crippen LogP contribution in [0.4, 0.5) is 13.2 Å². The molecule has 5 nitrogen and oxygen atoms in total. The van der Waals surface area contributed by atoms with Gasteiger partial charge in [-0.1, -0.05) is 0 Å². The van der Waals surface area contributed by atoms with Crippen LogP contribution in [0.2, 0.25) is 0 Å². The largest absolute Gasteiger partial charge is 0.550 e. The number of carboxylic acid groups (broad SMARTS) is 1. The van der Waals surface area contributed by atoms with Gasteiger partial charge in [0.15, 0.2) is 18.9 Å². The molecule has 10 heteroatoms. The first-order valence-corrected chi connectivity index (χ1v) is 7.13. The summed E-state index contributed by atoms with van der Waals surface area (Å²) in [7, 11) is 0. The van der Waals surface area contributed by atoms with Crippen molar-refractivity contribution in [3.63, 3.8) is 0 Å². The van der Waals surface area contributed by atoms with E-state index in [1.165, 1.54) is 0 Å². The molecule has 0 N–H and O–H groups in total. The van der Waals surface area contributed by atoms with Crippen LogP contribution < -0.4 is 9.67 Å². The van der Waals surface area contributed by atoms with Crippen LogP contribution in [0.25, 0.3) is 10.6 Å². The maximum atomic E-state index is 12.5. The SMILES string of the molecule is O=C([O-])CC[n+]1ccc(-c2nc(C(F)(F)F)ns2)c(Br)c1. The Morgan fingerprint density at radius 1 is 1.48 bits per heavy atom. The summed E-state index contributed by atoms with van der Waals surface area (Å²) >= 11 is 3.87. The van der Waals surface area contributed by atoms with Gasteiger partial charge in [-0.3, -0.25) is 0 Å². The number of carbonyl (C=O) groups excluding carboxylic acids is 1. The van der Waals surface area contributed by atoms with Gasteiger partial charge in [-0.2, -0.15) is 17.5 Å². The molecule has 2 aromatic rings. The molecule has 0 unspecified atom stereocenters. The Labute approximate surface area is 129 Å². The van der Waals surface area contributed by atoms with Crippen LogP contribution in [-0.2, 0) is 17.5 Å². The highest BCUT2D eigenvalue weighted by molar-refractivity contribution is 9.10. The normalized spacial score (nSPS) is 11.6. The lowest BCUT2D eigenvalue weighted by molar-refractivity contribution is -0.697. The molecule has 0 aliphatic carbocycles. The molecule has 2 aromatic heterocycles. The zero-order chi connectivity index (χ0) is 15.6. The van der Waals surface area contributed by atoms with Gasteiger partial charge in [-0.15, -0.1) is 0 Å². The van der Waals surface area contributed by atoms with Crippen LogP contribution in [-0.4, -0.2) is 15.3 Å². The van der Waals surface area contributed by atoms with Gasteiger partial charge in [0, 0.05) is 24.0 Å². The Hall–Kier alpha value is -1.55. The molecule has 0 bridgehead atoms. The van der Waals surface area contributed by atoms with Crippen molar-refractivity contribution in [3.8, 4) is 10.6 Å². The highest BCUT2D eigenvalue weighted by atomic mass is 79.9. The maximum Gasteiger partial charge on any atom is 0.452 e. The number of carbonyl (C=O) groups is 1. The number of alkyl halides is 3. The second kappa shape index (κ2) is 6.06. The molecule has 0 aliphatic rings. The average molecular weight is 382 g/mol. The van der Waals surface area contributed by atoms with Crippen molar-refractivity contribution in [1.29, 1.82) is 0 Å². The van der Waals surface area contributed by atoms with Crippen LogP contribution in [0.1, 0.15) is 12.2 Å².